The number of methoxy groups -OCH3 is 1. The summed E-state index contributed by atoms with van der Waals surface area (Å²) in [6.45, 7) is 0. The van der Waals surface area contributed by atoms with Crippen molar-refractivity contribution in [1.29, 1.82) is 0 Å². The fraction of sp³-hybridized carbons (Fsp3) is 0.417. The van der Waals surface area contributed by atoms with E-state index >= 15 is 0 Å². The van der Waals surface area contributed by atoms with Gasteiger partial charge in [-0.2, -0.15) is 0 Å². The van der Waals surface area contributed by atoms with Gasteiger partial charge in [-0.05, 0) is 17.7 Å². The Morgan fingerprint density at radius 3 is 2.65 bits per heavy atom. The summed E-state index contributed by atoms with van der Waals surface area (Å²) in [5, 5.41) is 0.498. The molecule has 0 aliphatic heterocycles. The lowest BCUT2D eigenvalue weighted by Gasteiger charge is -2.16. The minimum absolute atomic E-state index is 0.00978. The standard InChI is InChI=1S/C12H17ClN2O2/c1-15(2)12(16)7-10(14)8-4-5-11(17-3)9(13)6-8/h4-6,10H,7,14H2,1-3H3. The Morgan fingerprint density at radius 1 is 1.53 bits per heavy atom. The van der Waals surface area contributed by atoms with Gasteiger partial charge in [0.05, 0.1) is 12.1 Å². The van der Waals surface area contributed by atoms with Gasteiger partial charge in [-0.3, -0.25) is 4.79 Å². The number of rotatable bonds is 4. The SMILES string of the molecule is COc1ccc(C(N)CC(=O)N(C)C)cc1Cl. The fourth-order valence-corrected chi connectivity index (χ4v) is 1.67. The third kappa shape index (κ3) is 3.61. The minimum Gasteiger partial charge on any atom is -0.495 e. The van der Waals surface area contributed by atoms with E-state index < -0.39 is 0 Å². The van der Waals surface area contributed by atoms with Gasteiger partial charge in [0, 0.05) is 26.6 Å². The summed E-state index contributed by atoms with van der Waals surface area (Å²) in [5.41, 5.74) is 6.77. The van der Waals surface area contributed by atoms with E-state index in [-0.39, 0.29) is 18.4 Å². The van der Waals surface area contributed by atoms with E-state index in [1.807, 2.05) is 6.07 Å². The molecular weight excluding hydrogens is 240 g/mol. The molecule has 0 saturated carbocycles. The Kier molecular flexibility index (Phi) is 4.78. The molecule has 0 aliphatic rings. The first-order valence-electron chi connectivity index (χ1n) is 5.25. The summed E-state index contributed by atoms with van der Waals surface area (Å²) < 4.78 is 5.05. The summed E-state index contributed by atoms with van der Waals surface area (Å²) in [6, 6.07) is 4.94. The number of benzene rings is 1. The first-order chi connectivity index (χ1) is 7.95. The Bertz CT molecular complexity index is 407. The smallest absolute Gasteiger partial charge is 0.223 e. The molecule has 0 radical (unpaired) electrons. The molecule has 4 nitrogen and oxygen atoms in total. The highest BCUT2D eigenvalue weighted by molar-refractivity contribution is 6.32. The van der Waals surface area contributed by atoms with Crippen LogP contribution >= 0.6 is 11.6 Å². The van der Waals surface area contributed by atoms with Crippen molar-refractivity contribution < 1.29 is 9.53 Å². The first-order valence-corrected chi connectivity index (χ1v) is 5.62. The lowest BCUT2D eigenvalue weighted by atomic mass is 10.0. The highest BCUT2D eigenvalue weighted by Gasteiger charge is 2.14. The van der Waals surface area contributed by atoms with Crippen molar-refractivity contribution in [3.63, 3.8) is 0 Å². The molecule has 1 rings (SSSR count). The summed E-state index contributed by atoms with van der Waals surface area (Å²) >= 11 is 6.00. The van der Waals surface area contributed by atoms with Crippen LogP contribution < -0.4 is 10.5 Å². The van der Waals surface area contributed by atoms with Gasteiger partial charge in [0.1, 0.15) is 5.75 Å². The number of nitrogens with two attached hydrogens (primary N) is 1. The van der Waals surface area contributed by atoms with Crippen LogP contribution in [0.5, 0.6) is 5.75 Å². The van der Waals surface area contributed by atoms with Gasteiger partial charge in [0.25, 0.3) is 0 Å². The van der Waals surface area contributed by atoms with Gasteiger partial charge in [-0.15, -0.1) is 0 Å². The predicted octanol–water partition coefficient (Wildman–Crippen LogP) is 1.83. The van der Waals surface area contributed by atoms with Crippen LogP contribution in [0.3, 0.4) is 0 Å². The zero-order valence-electron chi connectivity index (χ0n) is 10.2. The van der Waals surface area contributed by atoms with Crippen molar-refractivity contribution in [2.45, 2.75) is 12.5 Å². The summed E-state index contributed by atoms with van der Waals surface area (Å²) in [4.78, 5) is 13.0. The third-order valence-electron chi connectivity index (χ3n) is 2.50. The number of hydrogen-bond donors (Lipinski definition) is 1. The average Bonchev–Trinajstić information content (AvgIpc) is 2.28. The van der Waals surface area contributed by atoms with Gasteiger partial charge in [0.15, 0.2) is 0 Å². The highest BCUT2D eigenvalue weighted by atomic mass is 35.5. The molecule has 0 spiro atoms. The van der Waals surface area contributed by atoms with Crippen LogP contribution in [0.2, 0.25) is 5.02 Å². The Labute approximate surface area is 106 Å². The lowest BCUT2D eigenvalue weighted by Crippen LogP contribution is -2.26. The number of hydrogen-bond acceptors (Lipinski definition) is 3. The van der Waals surface area contributed by atoms with Gasteiger partial charge >= 0.3 is 0 Å². The van der Waals surface area contributed by atoms with E-state index in [0.717, 1.165) is 5.56 Å². The van der Waals surface area contributed by atoms with Crippen molar-refractivity contribution in [3.05, 3.63) is 28.8 Å². The highest BCUT2D eigenvalue weighted by Crippen LogP contribution is 2.27. The number of carbonyl (C=O) groups excluding carboxylic acids is 1. The van der Waals surface area contributed by atoms with Crippen LogP contribution in [-0.4, -0.2) is 32.0 Å². The van der Waals surface area contributed by atoms with Crippen molar-refractivity contribution in [1.82, 2.24) is 4.90 Å². The zero-order chi connectivity index (χ0) is 13.0. The molecule has 2 N–H and O–H groups in total. The van der Waals surface area contributed by atoms with Gasteiger partial charge in [-0.25, -0.2) is 0 Å². The van der Waals surface area contributed by atoms with Crippen LogP contribution in [0, 0.1) is 0 Å². The molecule has 1 aromatic rings. The second-order valence-electron chi connectivity index (χ2n) is 3.99. The molecule has 1 atom stereocenters. The van der Waals surface area contributed by atoms with Crippen molar-refractivity contribution in [2.24, 2.45) is 5.73 Å². The molecule has 5 heteroatoms. The maximum absolute atomic E-state index is 11.5. The average molecular weight is 257 g/mol. The normalized spacial score (nSPS) is 12.1. The van der Waals surface area contributed by atoms with Gasteiger partial charge in [0.2, 0.25) is 5.91 Å². The van der Waals surface area contributed by atoms with Gasteiger partial charge < -0.3 is 15.4 Å². The van der Waals surface area contributed by atoms with Gasteiger partial charge in [-0.1, -0.05) is 17.7 Å². The predicted molar refractivity (Wildman–Crippen MR) is 68.2 cm³/mol. The van der Waals surface area contributed by atoms with Crippen LogP contribution in [0.25, 0.3) is 0 Å². The minimum atomic E-state index is -0.353. The molecule has 1 aromatic carbocycles. The topological polar surface area (TPSA) is 55.6 Å². The first kappa shape index (κ1) is 13.8. The summed E-state index contributed by atoms with van der Waals surface area (Å²) in [6.07, 6.45) is 0.260. The van der Waals surface area contributed by atoms with Crippen LogP contribution in [0.15, 0.2) is 18.2 Å². The van der Waals surface area contributed by atoms with E-state index in [1.165, 1.54) is 4.90 Å². The number of halogens is 1. The van der Waals surface area contributed by atoms with E-state index in [4.69, 9.17) is 22.1 Å². The molecule has 94 valence electrons. The monoisotopic (exact) mass is 256 g/mol. The Balaban J connectivity index is 2.79. The van der Waals surface area contributed by atoms with Crippen molar-refractivity contribution >= 4 is 17.5 Å². The van der Waals surface area contributed by atoms with Crippen LogP contribution in [0.4, 0.5) is 0 Å². The molecule has 0 saturated heterocycles. The second-order valence-corrected chi connectivity index (χ2v) is 4.40. The lowest BCUT2D eigenvalue weighted by molar-refractivity contribution is -0.129. The molecule has 1 unspecified atom stereocenters. The van der Waals surface area contributed by atoms with Crippen LogP contribution in [0.1, 0.15) is 18.0 Å². The second kappa shape index (κ2) is 5.89. The quantitative estimate of drug-likeness (QED) is 0.894. The van der Waals surface area contributed by atoms with E-state index in [1.54, 1.807) is 33.3 Å². The molecule has 0 aliphatic carbocycles. The molecule has 1 amide bonds. The zero-order valence-corrected chi connectivity index (χ0v) is 11.0. The van der Waals surface area contributed by atoms with Crippen LogP contribution in [-0.2, 0) is 4.79 Å². The molecule has 0 fully saturated rings. The molecule has 17 heavy (non-hydrogen) atoms. The number of amides is 1. The van der Waals surface area contributed by atoms with E-state index in [2.05, 4.69) is 0 Å². The summed E-state index contributed by atoms with van der Waals surface area (Å²) in [5.74, 6) is 0.589. The maximum atomic E-state index is 11.5. The molecule has 0 bridgehead atoms. The largest absolute Gasteiger partial charge is 0.495 e. The summed E-state index contributed by atoms with van der Waals surface area (Å²) in [7, 11) is 4.96. The number of nitrogens with zero attached hydrogens (tertiary/aromatic N) is 1. The number of ether oxygens (including phenoxy) is 1. The number of carbonyl (C=O) groups is 1. The fourth-order valence-electron chi connectivity index (χ4n) is 1.40. The Morgan fingerprint density at radius 2 is 2.18 bits per heavy atom. The molecule has 0 aromatic heterocycles. The van der Waals surface area contributed by atoms with E-state index in [9.17, 15) is 4.79 Å². The third-order valence-corrected chi connectivity index (χ3v) is 2.79. The maximum Gasteiger partial charge on any atom is 0.223 e. The van der Waals surface area contributed by atoms with Crippen molar-refractivity contribution in [2.75, 3.05) is 21.2 Å². The molecule has 0 heterocycles. The van der Waals surface area contributed by atoms with E-state index in [0.29, 0.717) is 10.8 Å². The Hall–Kier alpha value is -1.26. The van der Waals surface area contributed by atoms with Crippen molar-refractivity contribution in [3.8, 4) is 5.75 Å². The molecular formula is C12H17ClN2O2.